The van der Waals surface area contributed by atoms with Crippen LogP contribution in [0.1, 0.15) is 23.7 Å². The lowest BCUT2D eigenvalue weighted by Gasteiger charge is -1.99. The summed E-state index contributed by atoms with van der Waals surface area (Å²) in [4.78, 5) is 14.6. The van der Waals surface area contributed by atoms with Crippen molar-refractivity contribution in [3.05, 3.63) is 28.8 Å². The van der Waals surface area contributed by atoms with Crippen LogP contribution in [-0.2, 0) is 0 Å². The van der Waals surface area contributed by atoms with Crippen molar-refractivity contribution in [3.63, 3.8) is 0 Å². The van der Waals surface area contributed by atoms with Gasteiger partial charge in [0, 0.05) is 6.42 Å². The number of ketones is 1. The average molecular weight is 188 g/mol. The molecule has 0 saturated heterocycles. The topological polar surface area (TPSA) is 30.0 Å². The maximum atomic E-state index is 12.6. The van der Waals surface area contributed by atoms with E-state index in [9.17, 15) is 9.18 Å². The van der Waals surface area contributed by atoms with Gasteiger partial charge in [-0.25, -0.2) is 9.37 Å². The van der Waals surface area contributed by atoms with E-state index < -0.39 is 5.82 Å². The van der Waals surface area contributed by atoms with Crippen LogP contribution in [-0.4, -0.2) is 10.8 Å². The summed E-state index contributed by atoms with van der Waals surface area (Å²) in [6.07, 6.45) is 1.28. The van der Waals surface area contributed by atoms with Gasteiger partial charge >= 0.3 is 0 Å². The Kier molecular flexibility index (Phi) is 2.76. The van der Waals surface area contributed by atoms with Crippen LogP contribution in [0.4, 0.5) is 4.39 Å². The number of hydrogen-bond donors (Lipinski definition) is 0. The third-order valence-corrected chi connectivity index (χ3v) is 1.73. The Morgan fingerprint density at radius 2 is 2.42 bits per heavy atom. The summed E-state index contributed by atoms with van der Waals surface area (Å²) in [5.41, 5.74) is 0.152. The van der Waals surface area contributed by atoms with E-state index in [0.717, 1.165) is 12.3 Å². The fourth-order valence-electron chi connectivity index (χ4n) is 0.809. The molecule has 64 valence electrons. The van der Waals surface area contributed by atoms with Gasteiger partial charge in [-0.15, -0.1) is 0 Å². The molecule has 0 unspecified atom stereocenters. The van der Waals surface area contributed by atoms with Gasteiger partial charge in [-0.3, -0.25) is 4.79 Å². The minimum absolute atomic E-state index is 0.0586. The molecule has 2 nitrogen and oxygen atoms in total. The highest BCUT2D eigenvalue weighted by Crippen LogP contribution is 2.15. The van der Waals surface area contributed by atoms with Crippen molar-refractivity contribution < 1.29 is 9.18 Å². The predicted molar refractivity (Wildman–Crippen MR) is 43.8 cm³/mol. The van der Waals surface area contributed by atoms with Gasteiger partial charge in [0.1, 0.15) is 11.0 Å². The summed E-state index contributed by atoms with van der Waals surface area (Å²) in [7, 11) is 0. The molecule has 0 aliphatic rings. The number of carbonyl (C=O) groups excluding carboxylic acids is 1. The second kappa shape index (κ2) is 3.63. The quantitative estimate of drug-likeness (QED) is 0.526. The molecule has 12 heavy (non-hydrogen) atoms. The zero-order chi connectivity index (χ0) is 9.14. The zero-order valence-corrected chi connectivity index (χ0v) is 7.23. The number of rotatable bonds is 2. The van der Waals surface area contributed by atoms with Crippen molar-refractivity contribution in [2.75, 3.05) is 0 Å². The first-order valence-electron chi connectivity index (χ1n) is 3.49. The number of pyridine rings is 1. The minimum Gasteiger partial charge on any atom is -0.294 e. The number of hydrogen-bond acceptors (Lipinski definition) is 2. The van der Waals surface area contributed by atoms with Gasteiger partial charge in [0.15, 0.2) is 5.78 Å². The molecule has 1 aromatic rings. The third-order valence-electron chi connectivity index (χ3n) is 1.43. The third kappa shape index (κ3) is 1.80. The smallest absolute Gasteiger partial charge is 0.165 e. The molecule has 4 heteroatoms. The first-order chi connectivity index (χ1) is 5.65. The molecule has 0 bridgehead atoms. The summed E-state index contributed by atoms with van der Waals surface area (Å²) >= 11 is 5.57. The van der Waals surface area contributed by atoms with Gasteiger partial charge in [-0.1, -0.05) is 18.5 Å². The van der Waals surface area contributed by atoms with Crippen molar-refractivity contribution in [1.29, 1.82) is 0 Å². The van der Waals surface area contributed by atoms with Gasteiger partial charge in [0.2, 0.25) is 0 Å². The zero-order valence-electron chi connectivity index (χ0n) is 6.47. The highest BCUT2D eigenvalue weighted by atomic mass is 35.5. The largest absolute Gasteiger partial charge is 0.294 e. The molecule has 1 rings (SSSR count). The first kappa shape index (κ1) is 9.13. The van der Waals surface area contributed by atoms with Crippen molar-refractivity contribution in [2.45, 2.75) is 13.3 Å². The lowest BCUT2D eigenvalue weighted by atomic mass is 10.1. The summed E-state index contributed by atoms with van der Waals surface area (Å²) in [5.74, 6) is -0.747. The number of nitrogens with zero attached hydrogens (tertiary/aromatic N) is 1. The van der Waals surface area contributed by atoms with Crippen molar-refractivity contribution >= 4 is 17.4 Å². The predicted octanol–water partition coefficient (Wildman–Crippen LogP) is 2.47. The van der Waals surface area contributed by atoms with Crippen LogP contribution in [0.2, 0.25) is 5.15 Å². The van der Waals surface area contributed by atoms with Crippen LogP contribution in [0.3, 0.4) is 0 Å². The van der Waals surface area contributed by atoms with Crippen LogP contribution in [0, 0.1) is 5.82 Å². The Balaban J connectivity index is 3.13. The SMILES string of the molecule is CCC(=O)c1cc(F)cnc1Cl. The lowest BCUT2D eigenvalue weighted by Crippen LogP contribution is -1.99. The Morgan fingerprint density at radius 3 is 3.00 bits per heavy atom. The van der Waals surface area contributed by atoms with E-state index in [1.807, 2.05) is 0 Å². The van der Waals surface area contributed by atoms with E-state index in [4.69, 9.17) is 11.6 Å². The number of halogens is 2. The highest BCUT2D eigenvalue weighted by Gasteiger charge is 2.09. The van der Waals surface area contributed by atoms with E-state index in [2.05, 4.69) is 4.98 Å². The van der Waals surface area contributed by atoms with Gasteiger partial charge in [0.25, 0.3) is 0 Å². The molecular formula is C8H7ClFNO. The molecule has 1 aromatic heterocycles. The normalized spacial score (nSPS) is 9.92. The van der Waals surface area contributed by atoms with Crippen molar-refractivity contribution in [2.24, 2.45) is 0 Å². The molecule has 0 spiro atoms. The Bertz CT molecular complexity index is 314. The maximum absolute atomic E-state index is 12.6. The molecular weight excluding hydrogens is 181 g/mol. The Labute approximate surface area is 74.4 Å². The molecule has 1 heterocycles. The standard InChI is InChI=1S/C8H7ClFNO/c1-2-7(12)6-3-5(10)4-11-8(6)9/h3-4H,2H2,1H3. The van der Waals surface area contributed by atoms with Crippen LogP contribution < -0.4 is 0 Å². The summed E-state index contributed by atoms with van der Waals surface area (Å²) in [5, 5.41) is 0.0586. The van der Waals surface area contributed by atoms with Crippen LogP contribution in [0.5, 0.6) is 0 Å². The Morgan fingerprint density at radius 1 is 1.75 bits per heavy atom. The van der Waals surface area contributed by atoms with E-state index in [1.165, 1.54) is 0 Å². The monoisotopic (exact) mass is 187 g/mol. The number of carbonyl (C=O) groups is 1. The minimum atomic E-state index is -0.545. The van der Waals surface area contributed by atoms with E-state index >= 15 is 0 Å². The highest BCUT2D eigenvalue weighted by molar-refractivity contribution is 6.32. The fourth-order valence-corrected chi connectivity index (χ4v) is 1.02. The molecule has 0 aliphatic carbocycles. The average Bonchev–Trinajstić information content (AvgIpc) is 2.08. The van der Waals surface area contributed by atoms with Crippen LogP contribution >= 0.6 is 11.6 Å². The molecule has 0 aromatic carbocycles. The van der Waals surface area contributed by atoms with Crippen LogP contribution in [0.15, 0.2) is 12.3 Å². The Hall–Kier alpha value is -0.960. The van der Waals surface area contributed by atoms with E-state index in [-0.39, 0.29) is 16.5 Å². The molecule has 0 N–H and O–H groups in total. The van der Waals surface area contributed by atoms with Crippen molar-refractivity contribution in [3.8, 4) is 0 Å². The molecule has 0 saturated carbocycles. The molecule has 0 fully saturated rings. The summed E-state index contributed by atoms with van der Waals surface area (Å²) < 4.78 is 12.6. The summed E-state index contributed by atoms with van der Waals surface area (Å²) in [6.45, 7) is 1.68. The van der Waals surface area contributed by atoms with Crippen molar-refractivity contribution in [1.82, 2.24) is 4.98 Å². The van der Waals surface area contributed by atoms with Gasteiger partial charge < -0.3 is 0 Å². The number of Topliss-reactive ketones (excluding diaryl/α,β-unsaturated/α-hetero) is 1. The molecule has 0 aliphatic heterocycles. The van der Waals surface area contributed by atoms with Gasteiger partial charge in [0.05, 0.1) is 11.8 Å². The first-order valence-corrected chi connectivity index (χ1v) is 3.87. The fraction of sp³-hybridized carbons (Fsp3) is 0.250. The molecule has 0 radical (unpaired) electrons. The lowest BCUT2D eigenvalue weighted by molar-refractivity contribution is 0.0987. The van der Waals surface area contributed by atoms with E-state index in [0.29, 0.717) is 6.42 Å². The maximum Gasteiger partial charge on any atom is 0.165 e. The molecule has 0 amide bonds. The number of aromatic nitrogens is 1. The molecule has 0 atom stereocenters. The summed E-state index contributed by atoms with van der Waals surface area (Å²) in [6, 6.07) is 1.10. The van der Waals surface area contributed by atoms with Gasteiger partial charge in [-0.05, 0) is 6.07 Å². The second-order valence-corrected chi connectivity index (χ2v) is 2.63. The van der Waals surface area contributed by atoms with Gasteiger partial charge in [-0.2, -0.15) is 0 Å². The van der Waals surface area contributed by atoms with Crippen LogP contribution in [0.25, 0.3) is 0 Å². The second-order valence-electron chi connectivity index (χ2n) is 2.27. The van der Waals surface area contributed by atoms with E-state index in [1.54, 1.807) is 6.92 Å².